The van der Waals surface area contributed by atoms with Gasteiger partial charge < -0.3 is 25.0 Å². The summed E-state index contributed by atoms with van der Waals surface area (Å²) in [5.41, 5.74) is 4.93. The van der Waals surface area contributed by atoms with E-state index in [-0.39, 0.29) is 11.9 Å². The maximum absolute atomic E-state index is 13.5. The molecule has 146 valence electrons. The standard InChI is InChI=1S/C21H29N3O3/c1-14(2)23-15-3-4-19-17(13-15)20(18-7-11-27-12-8-22-18)21(25)24(19)16-5-9-26-10-6-16/h3-4,13-14,16,22-23H,5-12H2,1-2H3/b20-18-. The predicted octanol–water partition coefficient (Wildman–Crippen LogP) is 2.75. The molecule has 1 aromatic carbocycles. The molecule has 0 atom stereocenters. The second-order valence-corrected chi connectivity index (χ2v) is 7.69. The van der Waals surface area contributed by atoms with Crippen LogP contribution in [0.5, 0.6) is 0 Å². The highest BCUT2D eigenvalue weighted by Crippen LogP contribution is 2.42. The maximum Gasteiger partial charge on any atom is 0.261 e. The van der Waals surface area contributed by atoms with Crippen LogP contribution >= 0.6 is 0 Å². The molecule has 3 heterocycles. The molecule has 6 heteroatoms. The van der Waals surface area contributed by atoms with Crippen LogP contribution in [-0.4, -0.2) is 51.0 Å². The van der Waals surface area contributed by atoms with Crippen LogP contribution < -0.4 is 15.5 Å². The number of hydrogen-bond donors (Lipinski definition) is 2. The van der Waals surface area contributed by atoms with E-state index in [0.717, 1.165) is 67.2 Å². The summed E-state index contributed by atoms with van der Waals surface area (Å²) in [6.07, 6.45) is 2.51. The average Bonchev–Trinajstić information content (AvgIpc) is 2.80. The molecule has 3 aliphatic rings. The first-order valence-corrected chi connectivity index (χ1v) is 10.0. The smallest absolute Gasteiger partial charge is 0.261 e. The second-order valence-electron chi connectivity index (χ2n) is 7.69. The molecule has 0 unspecified atom stereocenters. The first-order valence-electron chi connectivity index (χ1n) is 10.0. The first-order chi connectivity index (χ1) is 13.1. The van der Waals surface area contributed by atoms with Crippen LogP contribution in [-0.2, 0) is 14.3 Å². The highest BCUT2D eigenvalue weighted by molar-refractivity contribution is 6.33. The Morgan fingerprint density at radius 3 is 2.70 bits per heavy atom. The van der Waals surface area contributed by atoms with Gasteiger partial charge in [0.05, 0.1) is 24.5 Å². The lowest BCUT2D eigenvalue weighted by Gasteiger charge is -2.31. The highest BCUT2D eigenvalue weighted by Gasteiger charge is 2.39. The number of anilines is 2. The summed E-state index contributed by atoms with van der Waals surface area (Å²) in [5.74, 6) is 0.114. The SMILES string of the molecule is CC(C)Nc1ccc2c(c1)/C(=C1\CCOCCN1)C(=O)N2C1CCOCC1. The second kappa shape index (κ2) is 7.90. The summed E-state index contributed by atoms with van der Waals surface area (Å²) in [4.78, 5) is 15.5. The molecule has 0 radical (unpaired) electrons. The lowest BCUT2D eigenvalue weighted by Crippen LogP contribution is -2.41. The Kier molecular flexibility index (Phi) is 5.36. The number of nitrogens with zero attached hydrogens (tertiary/aromatic N) is 1. The van der Waals surface area contributed by atoms with Crippen molar-refractivity contribution < 1.29 is 14.3 Å². The lowest BCUT2D eigenvalue weighted by atomic mass is 10.0. The summed E-state index contributed by atoms with van der Waals surface area (Å²) in [6, 6.07) is 6.84. The molecule has 0 spiro atoms. The highest BCUT2D eigenvalue weighted by atomic mass is 16.5. The minimum atomic E-state index is 0.114. The zero-order chi connectivity index (χ0) is 18.8. The normalized spacial score (nSPS) is 24.0. The molecule has 0 bridgehead atoms. The number of carbonyl (C=O) groups excluding carboxylic acids is 1. The van der Waals surface area contributed by atoms with E-state index >= 15 is 0 Å². The fraction of sp³-hybridized carbons (Fsp3) is 0.571. The van der Waals surface area contributed by atoms with Crippen molar-refractivity contribution in [2.24, 2.45) is 0 Å². The third-order valence-electron chi connectivity index (χ3n) is 5.35. The van der Waals surface area contributed by atoms with E-state index in [1.165, 1.54) is 0 Å². The van der Waals surface area contributed by atoms with E-state index in [4.69, 9.17) is 9.47 Å². The molecule has 1 aromatic rings. The fourth-order valence-corrected chi connectivity index (χ4v) is 4.16. The zero-order valence-corrected chi connectivity index (χ0v) is 16.2. The minimum absolute atomic E-state index is 0.114. The number of amides is 1. The molecule has 0 saturated carbocycles. The molecule has 27 heavy (non-hydrogen) atoms. The minimum Gasteiger partial charge on any atom is -0.385 e. The van der Waals surface area contributed by atoms with Gasteiger partial charge in [0.15, 0.2) is 0 Å². The molecule has 0 aliphatic carbocycles. The predicted molar refractivity (Wildman–Crippen MR) is 107 cm³/mol. The third kappa shape index (κ3) is 3.69. The number of ether oxygens (including phenoxy) is 2. The largest absolute Gasteiger partial charge is 0.385 e. The van der Waals surface area contributed by atoms with Gasteiger partial charge in [0.2, 0.25) is 0 Å². The molecule has 2 N–H and O–H groups in total. The Morgan fingerprint density at radius 2 is 1.93 bits per heavy atom. The Balaban J connectivity index is 1.78. The molecular formula is C21H29N3O3. The Morgan fingerprint density at radius 1 is 1.15 bits per heavy atom. The van der Waals surface area contributed by atoms with Crippen molar-refractivity contribution in [3.8, 4) is 0 Å². The van der Waals surface area contributed by atoms with E-state index < -0.39 is 0 Å². The maximum atomic E-state index is 13.5. The van der Waals surface area contributed by atoms with E-state index in [1.807, 2.05) is 4.90 Å². The van der Waals surface area contributed by atoms with E-state index in [0.29, 0.717) is 19.3 Å². The summed E-state index contributed by atoms with van der Waals surface area (Å²) in [6.45, 7) is 7.74. The van der Waals surface area contributed by atoms with E-state index in [9.17, 15) is 4.79 Å². The van der Waals surface area contributed by atoms with Crippen molar-refractivity contribution in [3.05, 3.63) is 29.5 Å². The summed E-state index contributed by atoms with van der Waals surface area (Å²) in [7, 11) is 0. The van der Waals surface area contributed by atoms with Gasteiger partial charge in [-0.25, -0.2) is 0 Å². The van der Waals surface area contributed by atoms with Gasteiger partial charge in [-0.05, 0) is 44.9 Å². The average molecular weight is 371 g/mol. The molecule has 1 amide bonds. The van der Waals surface area contributed by atoms with Crippen molar-refractivity contribution in [1.82, 2.24) is 5.32 Å². The van der Waals surface area contributed by atoms with Gasteiger partial charge in [-0.15, -0.1) is 0 Å². The van der Waals surface area contributed by atoms with Crippen LogP contribution in [0.25, 0.3) is 5.57 Å². The summed E-state index contributed by atoms with van der Waals surface area (Å²) >= 11 is 0. The topological polar surface area (TPSA) is 62.8 Å². The number of carbonyl (C=O) groups is 1. The van der Waals surface area contributed by atoms with Crippen LogP contribution in [0.15, 0.2) is 23.9 Å². The molecular weight excluding hydrogens is 342 g/mol. The Bertz CT molecular complexity index is 728. The van der Waals surface area contributed by atoms with Crippen molar-refractivity contribution in [2.45, 2.75) is 45.2 Å². The molecule has 0 aromatic heterocycles. The van der Waals surface area contributed by atoms with Crippen LogP contribution in [0.2, 0.25) is 0 Å². The van der Waals surface area contributed by atoms with Gasteiger partial charge >= 0.3 is 0 Å². The van der Waals surface area contributed by atoms with Crippen LogP contribution in [0.1, 0.15) is 38.7 Å². The van der Waals surface area contributed by atoms with Gasteiger partial charge in [0, 0.05) is 55.2 Å². The van der Waals surface area contributed by atoms with E-state index in [1.54, 1.807) is 0 Å². The van der Waals surface area contributed by atoms with Crippen molar-refractivity contribution >= 4 is 22.9 Å². The molecule has 4 rings (SSSR count). The quantitative estimate of drug-likeness (QED) is 0.800. The number of hydrogen-bond acceptors (Lipinski definition) is 5. The Labute approximate surface area is 160 Å². The van der Waals surface area contributed by atoms with Gasteiger partial charge in [-0.2, -0.15) is 0 Å². The number of nitrogens with one attached hydrogen (secondary N) is 2. The van der Waals surface area contributed by atoms with Gasteiger partial charge in [0.1, 0.15) is 0 Å². The third-order valence-corrected chi connectivity index (χ3v) is 5.35. The fourth-order valence-electron chi connectivity index (χ4n) is 4.16. The summed E-state index contributed by atoms with van der Waals surface area (Å²) in [5, 5.41) is 6.90. The molecule has 2 saturated heterocycles. The van der Waals surface area contributed by atoms with E-state index in [2.05, 4.69) is 42.7 Å². The van der Waals surface area contributed by atoms with Gasteiger partial charge in [0.25, 0.3) is 5.91 Å². The molecule has 6 nitrogen and oxygen atoms in total. The molecule has 3 aliphatic heterocycles. The number of rotatable bonds is 3. The van der Waals surface area contributed by atoms with Crippen LogP contribution in [0, 0.1) is 0 Å². The summed E-state index contributed by atoms with van der Waals surface area (Å²) < 4.78 is 11.1. The lowest BCUT2D eigenvalue weighted by molar-refractivity contribution is -0.113. The van der Waals surface area contributed by atoms with Gasteiger partial charge in [-0.1, -0.05) is 0 Å². The van der Waals surface area contributed by atoms with Crippen LogP contribution in [0.4, 0.5) is 11.4 Å². The molecule has 2 fully saturated rings. The zero-order valence-electron chi connectivity index (χ0n) is 16.2. The van der Waals surface area contributed by atoms with Gasteiger partial charge in [-0.3, -0.25) is 4.79 Å². The van der Waals surface area contributed by atoms with Crippen LogP contribution in [0.3, 0.4) is 0 Å². The van der Waals surface area contributed by atoms with Crippen molar-refractivity contribution in [1.29, 1.82) is 0 Å². The number of fused-ring (bicyclic) bond motifs is 1. The Hall–Kier alpha value is -2.05. The number of benzene rings is 1. The van der Waals surface area contributed by atoms with Crippen molar-refractivity contribution in [3.63, 3.8) is 0 Å². The first kappa shape index (κ1) is 18.3. The monoisotopic (exact) mass is 371 g/mol. The van der Waals surface area contributed by atoms with Crippen molar-refractivity contribution in [2.75, 3.05) is 43.2 Å².